The van der Waals surface area contributed by atoms with Crippen LogP contribution in [0.2, 0.25) is 5.02 Å². The van der Waals surface area contributed by atoms with Gasteiger partial charge in [-0.3, -0.25) is 14.9 Å². The Labute approximate surface area is 197 Å². The number of aryl methyl sites for hydroxylation is 3. The first-order chi connectivity index (χ1) is 15.8. The molecule has 33 heavy (non-hydrogen) atoms. The lowest BCUT2D eigenvalue weighted by atomic mass is 9.98. The van der Waals surface area contributed by atoms with Gasteiger partial charge in [0.2, 0.25) is 0 Å². The van der Waals surface area contributed by atoms with Crippen LogP contribution in [0.25, 0.3) is 22.0 Å². The van der Waals surface area contributed by atoms with E-state index in [1.807, 2.05) is 32.0 Å². The molecule has 0 radical (unpaired) electrons. The Balaban J connectivity index is 1.90. The second kappa shape index (κ2) is 9.53. The third kappa shape index (κ3) is 4.75. The van der Waals surface area contributed by atoms with E-state index in [1.165, 1.54) is 29.5 Å². The molecule has 3 aromatic rings. The Kier molecular flexibility index (Phi) is 6.72. The van der Waals surface area contributed by atoms with Crippen LogP contribution in [0.5, 0.6) is 5.75 Å². The van der Waals surface area contributed by atoms with E-state index in [1.54, 1.807) is 7.05 Å². The SMILES string of the molecule is Cc1cc(C)cc(-c2c(OCCC3CCCCN3)c3cc([N+](=O)[O-])c(Cl)cc3n(C)c2=O)c1. The van der Waals surface area contributed by atoms with Crippen molar-refractivity contribution >= 4 is 28.2 Å². The highest BCUT2D eigenvalue weighted by Crippen LogP contribution is 2.39. The standard InChI is InChI=1S/C25H28ClN3O4/c1-15-10-16(2)12-17(11-15)23-24(33-9-7-18-6-4-5-8-27-18)19-13-22(29(31)32)20(26)14-21(19)28(3)25(23)30/h10-14,18,27H,4-9H2,1-3H3. The van der Waals surface area contributed by atoms with Gasteiger partial charge in [-0.05, 0) is 51.3 Å². The van der Waals surface area contributed by atoms with Crippen molar-refractivity contribution in [2.45, 2.75) is 45.6 Å². The maximum Gasteiger partial charge on any atom is 0.288 e. The number of hydrogen-bond donors (Lipinski definition) is 1. The summed E-state index contributed by atoms with van der Waals surface area (Å²) in [5.74, 6) is 0.369. The summed E-state index contributed by atoms with van der Waals surface area (Å²) in [6.45, 7) is 5.34. The predicted molar refractivity (Wildman–Crippen MR) is 132 cm³/mol. The van der Waals surface area contributed by atoms with E-state index in [4.69, 9.17) is 16.3 Å². The van der Waals surface area contributed by atoms with Gasteiger partial charge in [0.05, 0.1) is 22.6 Å². The second-order valence-electron chi connectivity index (χ2n) is 8.81. The molecule has 174 valence electrons. The van der Waals surface area contributed by atoms with Crippen LogP contribution in [-0.4, -0.2) is 28.7 Å². The molecule has 1 aliphatic heterocycles. The number of piperidine rings is 1. The van der Waals surface area contributed by atoms with Crippen molar-refractivity contribution in [1.82, 2.24) is 9.88 Å². The van der Waals surface area contributed by atoms with Gasteiger partial charge < -0.3 is 14.6 Å². The molecule has 0 amide bonds. The van der Waals surface area contributed by atoms with E-state index in [-0.39, 0.29) is 16.3 Å². The van der Waals surface area contributed by atoms with Gasteiger partial charge in [0.1, 0.15) is 10.8 Å². The molecule has 1 N–H and O–H groups in total. The lowest BCUT2D eigenvalue weighted by Crippen LogP contribution is -2.35. The van der Waals surface area contributed by atoms with Gasteiger partial charge in [-0.2, -0.15) is 0 Å². The number of fused-ring (bicyclic) bond motifs is 1. The molecule has 1 aromatic heterocycles. The van der Waals surface area contributed by atoms with Gasteiger partial charge in [0.15, 0.2) is 0 Å². The summed E-state index contributed by atoms with van der Waals surface area (Å²) in [4.78, 5) is 24.6. The molecule has 7 nitrogen and oxygen atoms in total. The van der Waals surface area contributed by atoms with Crippen molar-refractivity contribution in [2.75, 3.05) is 13.2 Å². The normalized spacial score (nSPS) is 16.2. The number of nitrogens with one attached hydrogen (secondary N) is 1. The smallest absolute Gasteiger partial charge is 0.288 e. The average molecular weight is 470 g/mol. The molecule has 1 atom stereocenters. The number of rotatable bonds is 6. The van der Waals surface area contributed by atoms with E-state index >= 15 is 0 Å². The van der Waals surface area contributed by atoms with Crippen LogP contribution in [0.4, 0.5) is 5.69 Å². The fourth-order valence-corrected chi connectivity index (χ4v) is 4.88. The molecular formula is C25H28ClN3O4. The molecule has 8 heteroatoms. The monoisotopic (exact) mass is 469 g/mol. The minimum atomic E-state index is -0.515. The first-order valence-electron chi connectivity index (χ1n) is 11.2. The largest absolute Gasteiger partial charge is 0.492 e. The van der Waals surface area contributed by atoms with E-state index in [0.717, 1.165) is 36.1 Å². The van der Waals surface area contributed by atoms with Crippen molar-refractivity contribution in [3.05, 3.63) is 66.9 Å². The Morgan fingerprint density at radius 1 is 1.18 bits per heavy atom. The van der Waals surface area contributed by atoms with Gasteiger partial charge in [-0.25, -0.2) is 0 Å². The first-order valence-corrected chi connectivity index (χ1v) is 11.6. The Morgan fingerprint density at radius 2 is 1.91 bits per heavy atom. The van der Waals surface area contributed by atoms with Crippen molar-refractivity contribution < 1.29 is 9.66 Å². The fraction of sp³-hybridized carbons (Fsp3) is 0.400. The summed E-state index contributed by atoms with van der Waals surface area (Å²) >= 11 is 6.17. The van der Waals surface area contributed by atoms with Gasteiger partial charge >= 0.3 is 0 Å². The average Bonchev–Trinajstić information content (AvgIpc) is 2.76. The van der Waals surface area contributed by atoms with Gasteiger partial charge in [0, 0.05) is 24.5 Å². The zero-order chi connectivity index (χ0) is 23.7. The maximum absolute atomic E-state index is 13.5. The third-order valence-corrected chi connectivity index (χ3v) is 6.55. The van der Waals surface area contributed by atoms with Crippen LogP contribution in [-0.2, 0) is 7.05 Å². The number of hydrogen-bond acceptors (Lipinski definition) is 5. The van der Waals surface area contributed by atoms with E-state index in [0.29, 0.717) is 34.9 Å². The highest BCUT2D eigenvalue weighted by Gasteiger charge is 2.24. The quantitative estimate of drug-likeness (QED) is 0.391. The van der Waals surface area contributed by atoms with Crippen LogP contribution in [0.3, 0.4) is 0 Å². The van der Waals surface area contributed by atoms with E-state index in [2.05, 4.69) is 5.32 Å². The second-order valence-corrected chi connectivity index (χ2v) is 9.21. The summed E-state index contributed by atoms with van der Waals surface area (Å²) < 4.78 is 7.76. The van der Waals surface area contributed by atoms with Gasteiger partial charge in [-0.1, -0.05) is 47.3 Å². The van der Waals surface area contributed by atoms with Crippen LogP contribution < -0.4 is 15.6 Å². The predicted octanol–water partition coefficient (Wildman–Crippen LogP) is 5.29. The number of pyridine rings is 1. The lowest BCUT2D eigenvalue weighted by molar-refractivity contribution is -0.384. The van der Waals surface area contributed by atoms with Crippen LogP contribution in [0.15, 0.2) is 35.1 Å². The summed E-state index contributed by atoms with van der Waals surface area (Å²) in [6.07, 6.45) is 4.24. The summed E-state index contributed by atoms with van der Waals surface area (Å²) in [6, 6.07) is 9.17. The van der Waals surface area contributed by atoms with Gasteiger partial charge in [0.25, 0.3) is 11.2 Å². The molecule has 1 aliphatic rings. The molecule has 0 bridgehead atoms. The van der Waals surface area contributed by atoms with Crippen molar-refractivity contribution in [3.63, 3.8) is 0 Å². The number of nitro benzene ring substituents is 1. The third-order valence-electron chi connectivity index (χ3n) is 6.25. The number of benzene rings is 2. The number of nitro groups is 1. The van der Waals surface area contributed by atoms with Gasteiger partial charge in [-0.15, -0.1) is 0 Å². The van der Waals surface area contributed by atoms with E-state index < -0.39 is 4.92 Å². The molecule has 1 unspecified atom stereocenters. The molecule has 1 fully saturated rings. The molecule has 2 heterocycles. The number of nitrogens with zero attached hydrogens (tertiary/aromatic N) is 2. The topological polar surface area (TPSA) is 86.4 Å². The molecule has 0 saturated carbocycles. The van der Waals surface area contributed by atoms with Crippen molar-refractivity contribution in [1.29, 1.82) is 0 Å². The highest BCUT2D eigenvalue weighted by molar-refractivity contribution is 6.33. The zero-order valence-electron chi connectivity index (χ0n) is 19.1. The fourth-order valence-electron chi connectivity index (χ4n) is 4.66. The van der Waals surface area contributed by atoms with Crippen LogP contribution >= 0.6 is 11.6 Å². The van der Waals surface area contributed by atoms with E-state index in [9.17, 15) is 14.9 Å². The highest BCUT2D eigenvalue weighted by atomic mass is 35.5. The minimum Gasteiger partial charge on any atom is -0.492 e. The molecule has 4 rings (SSSR count). The van der Waals surface area contributed by atoms with Crippen molar-refractivity contribution in [3.8, 4) is 16.9 Å². The Hall–Kier alpha value is -2.90. The maximum atomic E-state index is 13.5. The Morgan fingerprint density at radius 3 is 2.55 bits per heavy atom. The lowest BCUT2D eigenvalue weighted by Gasteiger charge is -2.24. The minimum absolute atomic E-state index is 0.0148. The van der Waals surface area contributed by atoms with Crippen LogP contribution in [0, 0.1) is 24.0 Å². The summed E-state index contributed by atoms with van der Waals surface area (Å²) in [7, 11) is 1.65. The molecular weight excluding hydrogens is 442 g/mol. The van der Waals surface area contributed by atoms with Crippen LogP contribution in [0.1, 0.15) is 36.8 Å². The molecule has 2 aromatic carbocycles. The molecule has 0 aliphatic carbocycles. The first kappa shape index (κ1) is 23.3. The summed E-state index contributed by atoms with van der Waals surface area (Å²) in [5, 5.41) is 15.6. The van der Waals surface area contributed by atoms with Crippen molar-refractivity contribution in [2.24, 2.45) is 7.05 Å². The number of halogens is 1. The molecule has 0 spiro atoms. The Bertz CT molecular complexity index is 1260. The number of aromatic nitrogens is 1. The molecule has 1 saturated heterocycles. The zero-order valence-corrected chi connectivity index (χ0v) is 19.9. The number of ether oxygens (including phenoxy) is 1. The summed E-state index contributed by atoms with van der Waals surface area (Å²) in [5.41, 5.74) is 3.23.